The molecule has 27 heavy (non-hydrogen) atoms. The van der Waals surface area contributed by atoms with Crippen molar-refractivity contribution in [1.82, 2.24) is 9.80 Å². The highest BCUT2D eigenvalue weighted by Crippen LogP contribution is 2.34. The monoisotopic (exact) mass is 406 g/mol. The van der Waals surface area contributed by atoms with Gasteiger partial charge in [0.15, 0.2) is 6.61 Å². The smallest absolute Gasteiger partial charge is 0.323 e. The largest absolute Gasteiger partial charge is 0.483 e. The molecule has 142 valence electrons. The van der Waals surface area contributed by atoms with Gasteiger partial charge in [0.2, 0.25) is 0 Å². The molecule has 2 heterocycles. The van der Waals surface area contributed by atoms with E-state index in [-0.39, 0.29) is 16.8 Å². The highest BCUT2D eigenvalue weighted by atomic mass is 32.2. The van der Waals surface area contributed by atoms with Crippen molar-refractivity contribution < 1.29 is 24.2 Å². The molecule has 0 bridgehead atoms. The first-order valence-corrected chi connectivity index (χ1v) is 9.65. The van der Waals surface area contributed by atoms with Crippen LogP contribution in [-0.2, 0) is 14.4 Å². The second-order valence-electron chi connectivity index (χ2n) is 6.08. The fourth-order valence-corrected chi connectivity index (χ4v) is 4.09. The topological polar surface area (TPSA) is 87.1 Å². The Morgan fingerprint density at radius 2 is 1.96 bits per heavy atom. The van der Waals surface area contributed by atoms with Gasteiger partial charge in [0.1, 0.15) is 16.6 Å². The number of carboxylic acid groups (broad SMARTS) is 1. The molecule has 7 nitrogen and oxygen atoms in total. The van der Waals surface area contributed by atoms with Crippen LogP contribution in [0.2, 0.25) is 0 Å². The van der Waals surface area contributed by atoms with Crippen LogP contribution in [0.15, 0.2) is 29.2 Å². The van der Waals surface area contributed by atoms with E-state index < -0.39 is 18.4 Å². The summed E-state index contributed by atoms with van der Waals surface area (Å²) in [5.74, 6) is -1.16. The molecule has 2 saturated heterocycles. The minimum atomic E-state index is -1.13. The van der Waals surface area contributed by atoms with Crippen molar-refractivity contribution in [2.24, 2.45) is 0 Å². The van der Waals surface area contributed by atoms with Gasteiger partial charge in [0, 0.05) is 18.7 Å². The van der Waals surface area contributed by atoms with E-state index >= 15 is 0 Å². The maximum absolute atomic E-state index is 12.4. The van der Waals surface area contributed by atoms with Gasteiger partial charge in [-0.2, -0.15) is 0 Å². The Balaban J connectivity index is 1.73. The van der Waals surface area contributed by atoms with E-state index in [2.05, 4.69) is 0 Å². The number of nitrogens with zero attached hydrogens (tertiary/aromatic N) is 2. The lowest BCUT2D eigenvalue weighted by atomic mass is 10.2. The van der Waals surface area contributed by atoms with E-state index in [4.69, 9.17) is 22.1 Å². The third-order valence-corrected chi connectivity index (χ3v) is 5.56. The summed E-state index contributed by atoms with van der Waals surface area (Å²) in [4.78, 5) is 38.6. The molecule has 9 heteroatoms. The van der Waals surface area contributed by atoms with Crippen LogP contribution >= 0.6 is 24.0 Å². The number of aliphatic carboxylic acids is 1. The van der Waals surface area contributed by atoms with Crippen LogP contribution in [0.25, 0.3) is 6.08 Å². The van der Waals surface area contributed by atoms with Gasteiger partial charge in [-0.1, -0.05) is 42.2 Å². The van der Waals surface area contributed by atoms with Gasteiger partial charge in [-0.25, -0.2) is 0 Å². The molecule has 1 aromatic carbocycles. The lowest BCUT2D eigenvalue weighted by Crippen LogP contribution is -2.33. The first-order chi connectivity index (χ1) is 13.0. The fourth-order valence-electron chi connectivity index (χ4n) is 2.84. The van der Waals surface area contributed by atoms with Gasteiger partial charge in [-0.3, -0.25) is 19.3 Å². The van der Waals surface area contributed by atoms with Gasteiger partial charge < -0.3 is 14.7 Å². The molecule has 2 amide bonds. The number of carbonyl (C=O) groups is 3. The van der Waals surface area contributed by atoms with E-state index in [9.17, 15) is 14.4 Å². The van der Waals surface area contributed by atoms with Crippen molar-refractivity contribution in [2.75, 3.05) is 26.2 Å². The number of hydrogen-bond donors (Lipinski definition) is 1. The van der Waals surface area contributed by atoms with Gasteiger partial charge in [0.05, 0.1) is 4.91 Å². The zero-order valence-corrected chi connectivity index (χ0v) is 16.1. The van der Waals surface area contributed by atoms with E-state index in [0.717, 1.165) is 42.6 Å². The highest BCUT2D eigenvalue weighted by molar-refractivity contribution is 8.26. The Hall–Kier alpha value is -2.39. The van der Waals surface area contributed by atoms with E-state index in [1.54, 1.807) is 35.2 Å². The fraction of sp³-hybridized carbons (Fsp3) is 0.333. The predicted molar refractivity (Wildman–Crippen MR) is 105 cm³/mol. The molecule has 0 radical (unpaired) electrons. The lowest BCUT2D eigenvalue weighted by molar-refractivity contribution is -0.140. The molecule has 0 atom stereocenters. The third kappa shape index (κ3) is 4.67. The molecular formula is C18H18N2O5S2. The Morgan fingerprint density at radius 3 is 2.67 bits per heavy atom. The van der Waals surface area contributed by atoms with Crippen molar-refractivity contribution in [3.63, 3.8) is 0 Å². The summed E-state index contributed by atoms with van der Waals surface area (Å²) in [6.07, 6.45) is 3.64. The summed E-state index contributed by atoms with van der Waals surface area (Å²) in [7, 11) is 0. The molecule has 2 fully saturated rings. The van der Waals surface area contributed by atoms with E-state index in [0.29, 0.717) is 16.2 Å². The first-order valence-electron chi connectivity index (χ1n) is 8.42. The number of carboxylic acids is 1. The molecule has 0 unspecified atom stereocenters. The molecular weight excluding hydrogens is 388 g/mol. The quantitative estimate of drug-likeness (QED) is 0.571. The number of thioether (sulfide) groups is 1. The summed E-state index contributed by atoms with van der Waals surface area (Å²) in [5.41, 5.74) is 0.627. The number of hydrogen-bond acceptors (Lipinski definition) is 6. The lowest BCUT2D eigenvalue weighted by Gasteiger charge is -2.16. The molecule has 0 aromatic heterocycles. The normalized spacial score (nSPS) is 18.4. The van der Waals surface area contributed by atoms with Crippen molar-refractivity contribution in [3.05, 3.63) is 34.7 Å². The number of carbonyl (C=O) groups excluding carboxylic acids is 2. The molecule has 0 saturated carbocycles. The number of amides is 2. The minimum Gasteiger partial charge on any atom is -0.483 e. The summed E-state index contributed by atoms with van der Waals surface area (Å²) >= 11 is 6.14. The van der Waals surface area contributed by atoms with Crippen molar-refractivity contribution in [1.29, 1.82) is 0 Å². The Labute approximate surface area is 166 Å². The summed E-state index contributed by atoms with van der Waals surface area (Å²) in [6.45, 7) is 0.987. The van der Waals surface area contributed by atoms with Crippen molar-refractivity contribution >= 4 is 52.2 Å². The maximum Gasteiger partial charge on any atom is 0.323 e. The Morgan fingerprint density at radius 1 is 1.26 bits per heavy atom. The van der Waals surface area contributed by atoms with E-state index in [1.165, 1.54) is 0 Å². The van der Waals surface area contributed by atoms with Crippen LogP contribution in [0.4, 0.5) is 0 Å². The van der Waals surface area contributed by atoms with Crippen LogP contribution < -0.4 is 4.74 Å². The van der Waals surface area contributed by atoms with Gasteiger partial charge in [-0.05, 0) is 25.0 Å². The van der Waals surface area contributed by atoms with E-state index in [1.807, 2.05) is 0 Å². The molecule has 0 spiro atoms. The molecule has 0 aliphatic carbocycles. The average molecular weight is 406 g/mol. The Bertz CT molecular complexity index is 818. The third-order valence-electron chi connectivity index (χ3n) is 4.18. The average Bonchev–Trinajstić information content (AvgIpc) is 3.26. The zero-order chi connectivity index (χ0) is 19.4. The molecule has 1 N–H and O–H groups in total. The maximum atomic E-state index is 12.4. The van der Waals surface area contributed by atoms with Crippen LogP contribution in [-0.4, -0.2) is 63.3 Å². The van der Waals surface area contributed by atoms with Gasteiger partial charge in [-0.15, -0.1) is 0 Å². The summed E-state index contributed by atoms with van der Waals surface area (Å²) in [6, 6.07) is 7.06. The number of ether oxygens (including phenoxy) is 1. The minimum absolute atomic E-state index is 0.0601. The van der Waals surface area contributed by atoms with Crippen molar-refractivity contribution in [2.45, 2.75) is 12.8 Å². The second-order valence-corrected chi connectivity index (χ2v) is 7.75. The van der Waals surface area contributed by atoms with Crippen LogP contribution in [0.1, 0.15) is 18.4 Å². The predicted octanol–water partition coefficient (Wildman–Crippen LogP) is 1.97. The zero-order valence-electron chi connectivity index (χ0n) is 14.4. The second kappa shape index (κ2) is 8.53. The number of rotatable bonds is 6. The Kier molecular flexibility index (Phi) is 6.12. The molecule has 2 aliphatic rings. The molecule has 2 aliphatic heterocycles. The van der Waals surface area contributed by atoms with Crippen molar-refractivity contribution in [3.8, 4) is 5.75 Å². The number of thiocarbonyl (C=S) groups is 1. The highest BCUT2D eigenvalue weighted by Gasteiger charge is 2.33. The standard InChI is InChI=1S/C18H18N2O5S2/c21-15(19-7-3-4-8-19)11-25-13-6-2-1-5-12(13)9-14-17(24)20(10-16(22)23)18(26)27-14/h1-2,5-6,9H,3-4,7-8,10-11H2,(H,22,23)/b14-9-. The summed E-state index contributed by atoms with van der Waals surface area (Å²) in [5, 5.41) is 8.90. The number of likely N-dealkylation sites (tertiary alicyclic amines) is 1. The first kappa shape index (κ1) is 19.4. The van der Waals surface area contributed by atoms with Crippen LogP contribution in [0.5, 0.6) is 5.75 Å². The molecule has 3 rings (SSSR count). The molecule has 1 aromatic rings. The number of benzene rings is 1. The SMILES string of the molecule is O=C(O)CN1C(=O)/C(=C/c2ccccc2OCC(=O)N2CCCC2)SC1=S. The summed E-state index contributed by atoms with van der Waals surface area (Å²) < 4.78 is 5.88. The number of para-hydroxylation sites is 1. The van der Waals surface area contributed by atoms with Gasteiger partial charge >= 0.3 is 5.97 Å². The van der Waals surface area contributed by atoms with Gasteiger partial charge in [0.25, 0.3) is 11.8 Å². The van der Waals surface area contributed by atoms with Crippen LogP contribution in [0.3, 0.4) is 0 Å². The van der Waals surface area contributed by atoms with Crippen LogP contribution in [0, 0.1) is 0 Å².